The van der Waals surface area contributed by atoms with Crippen LogP contribution in [0.2, 0.25) is 0 Å². The minimum atomic E-state index is -0.129. The number of para-hydroxylation sites is 1. The fraction of sp³-hybridized carbons (Fsp3) is 0.375. The highest BCUT2D eigenvalue weighted by atomic mass is 16.2. The summed E-state index contributed by atoms with van der Waals surface area (Å²) >= 11 is 0. The van der Waals surface area contributed by atoms with Crippen LogP contribution in [0.3, 0.4) is 0 Å². The van der Waals surface area contributed by atoms with Gasteiger partial charge in [-0.05, 0) is 31.4 Å². The van der Waals surface area contributed by atoms with Gasteiger partial charge >= 0.3 is 0 Å². The molecule has 0 aliphatic rings. The zero-order valence-corrected chi connectivity index (χ0v) is 12.2. The number of benzene rings is 1. The van der Waals surface area contributed by atoms with Gasteiger partial charge in [-0.25, -0.2) is 0 Å². The number of carbonyl (C=O) groups is 1. The Morgan fingerprint density at radius 2 is 2.00 bits per heavy atom. The summed E-state index contributed by atoms with van der Waals surface area (Å²) in [5.41, 5.74) is 2.67. The third kappa shape index (κ3) is 2.74. The molecular formula is C16H20N2O2. The predicted octanol–water partition coefficient (Wildman–Crippen LogP) is 2.14. The Morgan fingerprint density at radius 3 is 2.70 bits per heavy atom. The summed E-state index contributed by atoms with van der Waals surface area (Å²) in [6.07, 6.45) is 0.883. The molecule has 1 heterocycles. The largest absolute Gasteiger partial charge is 0.355 e. The van der Waals surface area contributed by atoms with Gasteiger partial charge in [0.1, 0.15) is 6.54 Å². The zero-order chi connectivity index (χ0) is 14.7. The molecule has 0 fully saturated rings. The molecule has 1 aromatic heterocycles. The molecule has 20 heavy (non-hydrogen) atoms. The van der Waals surface area contributed by atoms with Crippen molar-refractivity contribution >= 4 is 16.8 Å². The van der Waals surface area contributed by atoms with E-state index >= 15 is 0 Å². The summed E-state index contributed by atoms with van der Waals surface area (Å²) in [6, 6.07) is 7.50. The smallest absolute Gasteiger partial charge is 0.251 e. The summed E-state index contributed by atoms with van der Waals surface area (Å²) in [5.74, 6) is -0.123. The maximum absolute atomic E-state index is 12.2. The first-order valence-corrected chi connectivity index (χ1v) is 6.91. The highest BCUT2D eigenvalue weighted by molar-refractivity contribution is 5.86. The summed E-state index contributed by atoms with van der Waals surface area (Å²) < 4.78 is 1.56. The molecule has 1 amide bonds. The molecule has 0 saturated carbocycles. The summed E-state index contributed by atoms with van der Waals surface area (Å²) in [5, 5.41) is 3.83. The van der Waals surface area contributed by atoms with Gasteiger partial charge < -0.3 is 5.32 Å². The first kappa shape index (κ1) is 14.3. The highest BCUT2D eigenvalue weighted by Gasteiger charge is 2.11. The molecule has 0 spiro atoms. The molecule has 2 rings (SSSR count). The second-order valence-corrected chi connectivity index (χ2v) is 5.07. The van der Waals surface area contributed by atoms with Crippen LogP contribution in [0, 0.1) is 13.8 Å². The number of aryl methyl sites for hydroxylation is 2. The number of hydrogen-bond acceptors (Lipinski definition) is 2. The number of nitrogens with zero attached hydrogens (tertiary/aromatic N) is 1. The van der Waals surface area contributed by atoms with E-state index < -0.39 is 0 Å². The molecule has 2 aromatic rings. The maximum atomic E-state index is 12.2. The highest BCUT2D eigenvalue weighted by Crippen LogP contribution is 2.19. The molecular weight excluding hydrogens is 252 g/mol. The van der Waals surface area contributed by atoms with Gasteiger partial charge in [-0.3, -0.25) is 14.2 Å². The number of rotatable bonds is 4. The van der Waals surface area contributed by atoms with Crippen molar-refractivity contribution in [3.05, 3.63) is 45.7 Å². The molecule has 4 nitrogen and oxygen atoms in total. The van der Waals surface area contributed by atoms with Gasteiger partial charge in [-0.2, -0.15) is 0 Å². The van der Waals surface area contributed by atoms with Crippen molar-refractivity contribution in [2.45, 2.75) is 33.7 Å². The van der Waals surface area contributed by atoms with E-state index in [0.29, 0.717) is 6.54 Å². The van der Waals surface area contributed by atoms with Gasteiger partial charge in [-0.15, -0.1) is 0 Å². The number of carbonyl (C=O) groups excluding carboxylic acids is 1. The van der Waals surface area contributed by atoms with Crippen molar-refractivity contribution in [2.24, 2.45) is 0 Å². The number of amides is 1. The van der Waals surface area contributed by atoms with Crippen LogP contribution in [-0.4, -0.2) is 17.0 Å². The number of hydrogen-bond donors (Lipinski definition) is 1. The van der Waals surface area contributed by atoms with E-state index in [9.17, 15) is 9.59 Å². The second-order valence-electron chi connectivity index (χ2n) is 5.07. The molecule has 0 saturated heterocycles. The van der Waals surface area contributed by atoms with Crippen LogP contribution in [0.5, 0.6) is 0 Å². The minimum absolute atomic E-state index is 0.0699. The lowest BCUT2D eigenvalue weighted by molar-refractivity contribution is -0.121. The van der Waals surface area contributed by atoms with Gasteiger partial charge in [0.15, 0.2) is 0 Å². The van der Waals surface area contributed by atoms with E-state index in [2.05, 4.69) is 5.32 Å². The second kappa shape index (κ2) is 5.90. The molecule has 0 aliphatic heterocycles. The molecule has 0 bridgehead atoms. The van der Waals surface area contributed by atoms with E-state index in [-0.39, 0.29) is 18.0 Å². The lowest BCUT2D eigenvalue weighted by Gasteiger charge is -2.14. The average Bonchev–Trinajstić information content (AvgIpc) is 2.41. The first-order chi connectivity index (χ1) is 9.54. The summed E-state index contributed by atoms with van der Waals surface area (Å²) in [4.78, 5) is 24.1. The standard InChI is InChI=1S/C16H20N2O2/c1-4-8-17-14(19)10-18-15(20)9-12(3)13-7-5-6-11(2)16(13)18/h5-7,9H,4,8,10H2,1-3H3,(H,17,19). The van der Waals surface area contributed by atoms with E-state index in [1.54, 1.807) is 10.6 Å². The Bertz CT molecular complexity index is 701. The maximum Gasteiger partial charge on any atom is 0.251 e. The fourth-order valence-corrected chi connectivity index (χ4v) is 2.41. The lowest BCUT2D eigenvalue weighted by Crippen LogP contribution is -2.33. The Morgan fingerprint density at radius 1 is 1.25 bits per heavy atom. The van der Waals surface area contributed by atoms with Crippen LogP contribution in [0.15, 0.2) is 29.1 Å². The molecule has 0 aliphatic carbocycles. The number of fused-ring (bicyclic) bond motifs is 1. The molecule has 4 heteroatoms. The molecule has 106 valence electrons. The normalized spacial score (nSPS) is 10.8. The number of aromatic nitrogens is 1. The van der Waals surface area contributed by atoms with Crippen molar-refractivity contribution in [2.75, 3.05) is 6.54 Å². The van der Waals surface area contributed by atoms with Crippen LogP contribution in [0.1, 0.15) is 24.5 Å². The Labute approximate surface area is 118 Å². The quantitative estimate of drug-likeness (QED) is 0.927. The molecule has 1 aromatic carbocycles. The van der Waals surface area contributed by atoms with E-state index in [4.69, 9.17) is 0 Å². The lowest BCUT2D eigenvalue weighted by atomic mass is 10.1. The minimum Gasteiger partial charge on any atom is -0.355 e. The monoisotopic (exact) mass is 272 g/mol. The van der Waals surface area contributed by atoms with Gasteiger partial charge in [0.2, 0.25) is 5.91 Å². The topological polar surface area (TPSA) is 51.1 Å². The molecule has 0 unspecified atom stereocenters. The van der Waals surface area contributed by atoms with Crippen molar-refractivity contribution in [3.63, 3.8) is 0 Å². The van der Waals surface area contributed by atoms with E-state index in [1.807, 2.05) is 39.0 Å². The molecule has 0 radical (unpaired) electrons. The van der Waals surface area contributed by atoms with Crippen molar-refractivity contribution in [1.29, 1.82) is 0 Å². The Hall–Kier alpha value is -2.10. The van der Waals surface area contributed by atoms with Crippen LogP contribution in [0.25, 0.3) is 10.9 Å². The van der Waals surface area contributed by atoms with Crippen LogP contribution in [-0.2, 0) is 11.3 Å². The van der Waals surface area contributed by atoms with Gasteiger partial charge in [0.05, 0.1) is 5.52 Å². The summed E-state index contributed by atoms with van der Waals surface area (Å²) in [6.45, 7) is 6.58. The van der Waals surface area contributed by atoms with Crippen LogP contribution < -0.4 is 10.9 Å². The van der Waals surface area contributed by atoms with Crippen molar-refractivity contribution in [3.8, 4) is 0 Å². The Balaban J connectivity index is 2.52. The van der Waals surface area contributed by atoms with Gasteiger partial charge in [0.25, 0.3) is 5.56 Å². The zero-order valence-electron chi connectivity index (χ0n) is 12.2. The van der Waals surface area contributed by atoms with Gasteiger partial charge in [0, 0.05) is 18.0 Å². The fourth-order valence-electron chi connectivity index (χ4n) is 2.41. The Kier molecular flexibility index (Phi) is 4.23. The van der Waals surface area contributed by atoms with Crippen molar-refractivity contribution in [1.82, 2.24) is 9.88 Å². The average molecular weight is 272 g/mol. The number of pyridine rings is 1. The third-order valence-corrected chi connectivity index (χ3v) is 3.41. The van der Waals surface area contributed by atoms with E-state index in [1.165, 1.54) is 0 Å². The SMILES string of the molecule is CCCNC(=O)Cn1c(=O)cc(C)c2cccc(C)c21. The van der Waals surface area contributed by atoms with Gasteiger partial charge in [-0.1, -0.05) is 25.1 Å². The summed E-state index contributed by atoms with van der Waals surface area (Å²) in [7, 11) is 0. The predicted molar refractivity (Wildman–Crippen MR) is 81.0 cm³/mol. The van der Waals surface area contributed by atoms with E-state index in [0.717, 1.165) is 28.5 Å². The van der Waals surface area contributed by atoms with Crippen LogP contribution in [0.4, 0.5) is 0 Å². The first-order valence-electron chi connectivity index (χ1n) is 6.91. The molecule has 1 N–H and O–H groups in total. The van der Waals surface area contributed by atoms with Crippen LogP contribution >= 0.6 is 0 Å². The van der Waals surface area contributed by atoms with Crippen molar-refractivity contribution < 1.29 is 4.79 Å². The third-order valence-electron chi connectivity index (χ3n) is 3.41. The molecule has 0 atom stereocenters. The number of nitrogens with one attached hydrogen (secondary N) is 1.